The molecule has 0 heterocycles. The van der Waals surface area contributed by atoms with E-state index in [0.29, 0.717) is 10.8 Å². The highest BCUT2D eigenvalue weighted by Gasteiger charge is 2.28. The quantitative estimate of drug-likeness (QED) is 0.819. The summed E-state index contributed by atoms with van der Waals surface area (Å²) >= 11 is 0. The normalized spacial score (nSPS) is 17.5. The SMILES string of the molecule is CN(C)S(=O)(=O)c1ccc(NCC(N)C2CC2)cc1. The molecule has 3 N–H and O–H groups in total. The van der Waals surface area contributed by atoms with Gasteiger partial charge < -0.3 is 11.1 Å². The summed E-state index contributed by atoms with van der Waals surface area (Å²) in [5.74, 6) is 0.654. The summed E-state index contributed by atoms with van der Waals surface area (Å²) in [6.45, 7) is 0.727. The van der Waals surface area contributed by atoms with E-state index >= 15 is 0 Å². The van der Waals surface area contributed by atoms with Crippen LogP contribution in [0.4, 0.5) is 5.69 Å². The average molecular weight is 283 g/mol. The maximum atomic E-state index is 11.9. The molecule has 1 atom stereocenters. The lowest BCUT2D eigenvalue weighted by molar-refractivity contribution is 0.521. The first-order valence-corrected chi connectivity index (χ1v) is 7.87. The average Bonchev–Trinajstić information content (AvgIpc) is 3.20. The number of benzene rings is 1. The minimum Gasteiger partial charge on any atom is -0.383 e. The van der Waals surface area contributed by atoms with Gasteiger partial charge in [0, 0.05) is 32.4 Å². The molecule has 2 rings (SSSR count). The van der Waals surface area contributed by atoms with Crippen LogP contribution in [0.25, 0.3) is 0 Å². The molecule has 0 radical (unpaired) electrons. The van der Waals surface area contributed by atoms with Crippen molar-refractivity contribution >= 4 is 15.7 Å². The van der Waals surface area contributed by atoms with Gasteiger partial charge in [0.15, 0.2) is 0 Å². The number of hydrogen-bond acceptors (Lipinski definition) is 4. The first-order chi connectivity index (χ1) is 8.91. The van der Waals surface area contributed by atoms with Crippen LogP contribution in [0.3, 0.4) is 0 Å². The second-order valence-electron chi connectivity index (χ2n) is 5.19. The monoisotopic (exact) mass is 283 g/mol. The van der Waals surface area contributed by atoms with Crippen LogP contribution in [-0.2, 0) is 10.0 Å². The van der Waals surface area contributed by atoms with Gasteiger partial charge in [-0.25, -0.2) is 12.7 Å². The summed E-state index contributed by atoms with van der Waals surface area (Å²) in [5.41, 5.74) is 6.90. The zero-order chi connectivity index (χ0) is 14.0. The second-order valence-corrected chi connectivity index (χ2v) is 7.35. The molecule has 0 aliphatic heterocycles. The van der Waals surface area contributed by atoms with Crippen LogP contribution in [0, 0.1) is 5.92 Å². The van der Waals surface area contributed by atoms with E-state index in [1.807, 2.05) is 0 Å². The standard InChI is InChI=1S/C13H21N3O2S/c1-16(2)19(17,18)12-7-5-11(6-8-12)15-9-13(14)10-3-4-10/h5-8,10,13,15H,3-4,9,14H2,1-2H3. The van der Waals surface area contributed by atoms with E-state index < -0.39 is 10.0 Å². The zero-order valence-electron chi connectivity index (χ0n) is 11.3. The summed E-state index contributed by atoms with van der Waals surface area (Å²) < 4.78 is 25.0. The molecule has 1 aromatic rings. The minimum absolute atomic E-state index is 0.185. The van der Waals surface area contributed by atoms with Crippen molar-refractivity contribution in [3.05, 3.63) is 24.3 Å². The molecule has 1 aliphatic carbocycles. The molecule has 1 fully saturated rings. The molecular formula is C13H21N3O2S. The van der Waals surface area contributed by atoms with Crippen LogP contribution >= 0.6 is 0 Å². The van der Waals surface area contributed by atoms with Gasteiger partial charge in [-0.3, -0.25) is 0 Å². The zero-order valence-corrected chi connectivity index (χ0v) is 12.2. The van der Waals surface area contributed by atoms with Crippen LogP contribution in [-0.4, -0.2) is 39.4 Å². The fourth-order valence-electron chi connectivity index (χ4n) is 1.88. The van der Waals surface area contributed by atoms with Gasteiger partial charge in [0.25, 0.3) is 0 Å². The third kappa shape index (κ3) is 3.46. The number of nitrogens with zero attached hydrogens (tertiary/aromatic N) is 1. The largest absolute Gasteiger partial charge is 0.383 e. The Hall–Kier alpha value is -1.11. The second kappa shape index (κ2) is 5.48. The molecule has 1 saturated carbocycles. The Kier molecular flexibility index (Phi) is 4.13. The highest BCUT2D eigenvalue weighted by atomic mass is 32.2. The van der Waals surface area contributed by atoms with E-state index in [1.54, 1.807) is 24.3 Å². The highest BCUT2D eigenvalue weighted by Crippen LogP contribution is 2.31. The van der Waals surface area contributed by atoms with E-state index in [4.69, 9.17) is 5.73 Å². The fourth-order valence-corrected chi connectivity index (χ4v) is 2.78. The van der Waals surface area contributed by atoms with Gasteiger partial charge in [-0.1, -0.05) is 0 Å². The Morgan fingerprint density at radius 1 is 1.32 bits per heavy atom. The minimum atomic E-state index is -3.35. The van der Waals surface area contributed by atoms with E-state index in [2.05, 4.69) is 5.32 Å². The molecule has 106 valence electrons. The molecule has 0 saturated heterocycles. The Morgan fingerprint density at radius 2 is 1.89 bits per heavy atom. The fraction of sp³-hybridized carbons (Fsp3) is 0.538. The number of nitrogens with two attached hydrogens (primary N) is 1. The molecule has 1 aliphatic rings. The molecule has 1 aromatic carbocycles. The van der Waals surface area contributed by atoms with Gasteiger partial charge in [0.2, 0.25) is 10.0 Å². The number of anilines is 1. The predicted octanol–water partition coefficient (Wildman–Crippen LogP) is 1.09. The first kappa shape index (κ1) is 14.3. The smallest absolute Gasteiger partial charge is 0.242 e. The molecule has 0 amide bonds. The van der Waals surface area contributed by atoms with Crippen LogP contribution in [0.2, 0.25) is 0 Å². The third-order valence-corrected chi connectivity index (χ3v) is 5.23. The maximum absolute atomic E-state index is 11.9. The van der Waals surface area contributed by atoms with Crippen LogP contribution < -0.4 is 11.1 Å². The highest BCUT2D eigenvalue weighted by molar-refractivity contribution is 7.89. The van der Waals surface area contributed by atoms with Crippen molar-refractivity contribution in [3.8, 4) is 0 Å². The third-order valence-electron chi connectivity index (χ3n) is 3.40. The Bertz CT molecular complexity index is 521. The summed E-state index contributed by atoms with van der Waals surface area (Å²) in [5, 5.41) is 3.24. The number of sulfonamides is 1. The molecule has 0 bridgehead atoms. The van der Waals surface area contributed by atoms with Gasteiger partial charge in [-0.2, -0.15) is 0 Å². The van der Waals surface area contributed by atoms with E-state index in [0.717, 1.165) is 12.2 Å². The molecule has 5 nitrogen and oxygen atoms in total. The molecule has 1 unspecified atom stereocenters. The Labute approximate surface area is 114 Å². The van der Waals surface area contributed by atoms with Gasteiger partial charge in [0.05, 0.1) is 4.90 Å². The van der Waals surface area contributed by atoms with Gasteiger partial charge in [0.1, 0.15) is 0 Å². The number of hydrogen-bond donors (Lipinski definition) is 2. The van der Waals surface area contributed by atoms with Gasteiger partial charge in [-0.05, 0) is 43.0 Å². The van der Waals surface area contributed by atoms with Crippen molar-refractivity contribution in [1.82, 2.24) is 4.31 Å². The Balaban J connectivity index is 1.98. The van der Waals surface area contributed by atoms with E-state index in [9.17, 15) is 8.42 Å². The van der Waals surface area contributed by atoms with Crippen LogP contribution in [0.15, 0.2) is 29.2 Å². The number of nitrogens with one attached hydrogen (secondary N) is 1. The molecule has 0 spiro atoms. The summed E-state index contributed by atoms with van der Waals surface area (Å²) in [4.78, 5) is 0.301. The van der Waals surface area contributed by atoms with Crippen molar-refractivity contribution < 1.29 is 8.42 Å². The first-order valence-electron chi connectivity index (χ1n) is 6.43. The van der Waals surface area contributed by atoms with Crippen LogP contribution in [0.1, 0.15) is 12.8 Å². The lowest BCUT2D eigenvalue weighted by Crippen LogP contribution is -2.31. The van der Waals surface area contributed by atoms with Gasteiger partial charge in [-0.15, -0.1) is 0 Å². The molecule has 19 heavy (non-hydrogen) atoms. The summed E-state index contributed by atoms with van der Waals surface area (Å²) in [6, 6.07) is 6.96. The van der Waals surface area contributed by atoms with Crippen molar-refractivity contribution in [2.45, 2.75) is 23.8 Å². The van der Waals surface area contributed by atoms with E-state index in [1.165, 1.54) is 31.2 Å². The van der Waals surface area contributed by atoms with Crippen LogP contribution in [0.5, 0.6) is 0 Å². The van der Waals surface area contributed by atoms with Crippen molar-refractivity contribution in [1.29, 1.82) is 0 Å². The molecule has 6 heteroatoms. The lowest BCUT2D eigenvalue weighted by atomic mass is 10.2. The molecular weight excluding hydrogens is 262 g/mol. The van der Waals surface area contributed by atoms with E-state index in [-0.39, 0.29) is 6.04 Å². The summed E-state index contributed by atoms with van der Waals surface area (Å²) in [7, 11) is -0.300. The number of rotatable bonds is 6. The topological polar surface area (TPSA) is 75.4 Å². The van der Waals surface area contributed by atoms with Crippen molar-refractivity contribution in [3.63, 3.8) is 0 Å². The van der Waals surface area contributed by atoms with Crippen molar-refractivity contribution in [2.75, 3.05) is 26.0 Å². The lowest BCUT2D eigenvalue weighted by Gasteiger charge is -2.14. The van der Waals surface area contributed by atoms with Crippen molar-refractivity contribution in [2.24, 2.45) is 11.7 Å². The Morgan fingerprint density at radius 3 is 2.37 bits per heavy atom. The van der Waals surface area contributed by atoms with Gasteiger partial charge >= 0.3 is 0 Å². The maximum Gasteiger partial charge on any atom is 0.242 e. The summed E-state index contributed by atoms with van der Waals surface area (Å²) in [6.07, 6.45) is 2.45. The predicted molar refractivity (Wildman–Crippen MR) is 76.5 cm³/mol. The molecule has 0 aromatic heterocycles.